The number of carbonyl (C=O) groups is 1. The first kappa shape index (κ1) is 17.0. The van der Waals surface area contributed by atoms with E-state index in [0.717, 1.165) is 11.1 Å². The van der Waals surface area contributed by atoms with Crippen molar-refractivity contribution in [1.82, 2.24) is 0 Å². The summed E-state index contributed by atoms with van der Waals surface area (Å²) in [7, 11) is 0. The number of esters is 1. The molecule has 0 unspecified atom stereocenters. The Hall–Kier alpha value is -2.82. The Morgan fingerprint density at radius 1 is 1.16 bits per heavy atom. The van der Waals surface area contributed by atoms with Crippen LogP contribution in [-0.2, 0) is 20.9 Å². The van der Waals surface area contributed by atoms with E-state index in [1.54, 1.807) is 0 Å². The maximum absolute atomic E-state index is 12.0. The molecular weight excluding hydrogens is 318 g/mol. The van der Waals surface area contributed by atoms with Gasteiger partial charge in [-0.15, -0.1) is 0 Å². The molecule has 2 aromatic carbocycles. The monoisotopic (exact) mass is 339 g/mol. The fourth-order valence-electron chi connectivity index (χ4n) is 2.46. The minimum atomic E-state index is -0.625. The van der Waals surface area contributed by atoms with Crippen LogP contribution in [-0.4, -0.2) is 30.6 Å². The normalized spacial score (nSPS) is 16.3. The van der Waals surface area contributed by atoms with Crippen molar-refractivity contribution in [3.8, 4) is 5.75 Å². The van der Waals surface area contributed by atoms with Crippen LogP contribution in [0, 0.1) is 0 Å². The van der Waals surface area contributed by atoms with Crippen molar-refractivity contribution in [2.24, 2.45) is 4.99 Å². The summed E-state index contributed by atoms with van der Waals surface area (Å²) in [6.45, 7) is 4.26. The number of hydrogen-bond acceptors (Lipinski definition) is 5. The lowest BCUT2D eigenvalue weighted by molar-refractivity contribution is -0.149. The molecule has 0 amide bonds. The van der Waals surface area contributed by atoms with Crippen molar-refractivity contribution in [2.45, 2.75) is 32.6 Å². The summed E-state index contributed by atoms with van der Waals surface area (Å²) in [5.41, 5.74) is 1.81. The zero-order chi connectivity index (χ0) is 17.6. The van der Waals surface area contributed by atoms with Crippen LogP contribution in [0.1, 0.15) is 25.0 Å². The van der Waals surface area contributed by atoms with Crippen LogP contribution in [0.15, 0.2) is 59.6 Å². The first-order valence-corrected chi connectivity index (χ1v) is 8.30. The lowest BCUT2D eigenvalue weighted by atomic mass is 10.2. The first-order valence-electron chi connectivity index (χ1n) is 8.30. The molecule has 3 rings (SSSR count). The molecule has 0 fully saturated rings. The predicted molar refractivity (Wildman–Crippen MR) is 94.7 cm³/mol. The minimum absolute atomic E-state index is 0.173. The van der Waals surface area contributed by atoms with Crippen LogP contribution in [0.5, 0.6) is 5.75 Å². The maximum Gasteiger partial charge on any atom is 0.334 e. The maximum atomic E-state index is 12.0. The number of benzene rings is 2. The smallest absolute Gasteiger partial charge is 0.334 e. The van der Waals surface area contributed by atoms with Crippen LogP contribution in [0.3, 0.4) is 0 Å². The van der Waals surface area contributed by atoms with E-state index in [1.807, 2.05) is 68.4 Å². The number of carbonyl (C=O) groups excluding carboxylic acids is 1. The van der Waals surface area contributed by atoms with Gasteiger partial charge in [-0.3, -0.25) is 0 Å². The number of hydrogen-bond donors (Lipinski definition) is 0. The molecule has 1 aliphatic heterocycles. The zero-order valence-corrected chi connectivity index (χ0v) is 14.3. The van der Waals surface area contributed by atoms with Gasteiger partial charge in [0.05, 0.1) is 11.7 Å². The van der Waals surface area contributed by atoms with Crippen molar-refractivity contribution in [3.63, 3.8) is 0 Å². The fourth-order valence-corrected chi connectivity index (χ4v) is 2.46. The number of rotatable bonds is 6. The topological polar surface area (TPSA) is 57.1 Å². The summed E-state index contributed by atoms with van der Waals surface area (Å²) >= 11 is 0. The summed E-state index contributed by atoms with van der Waals surface area (Å²) in [5.74, 6) is 0.713. The molecule has 130 valence electrons. The number of para-hydroxylation sites is 1. The highest BCUT2D eigenvalue weighted by Crippen LogP contribution is 2.24. The SMILES string of the molecule is CC(C)OC(=O)[C@@H]1COC(c2ccccc2OCc2ccccc2)=N1. The molecule has 0 radical (unpaired) electrons. The highest BCUT2D eigenvalue weighted by atomic mass is 16.6. The van der Waals surface area contributed by atoms with Crippen molar-refractivity contribution < 1.29 is 19.0 Å². The fraction of sp³-hybridized carbons (Fsp3) is 0.300. The third-order valence-corrected chi connectivity index (χ3v) is 3.63. The molecule has 1 atom stereocenters. The van der Waals surface area contributed by atoms with Crippen LogP contribution >= 0.6 is 0 Å². The quantitative estimate of drug-likeness (QED) is 0.757. The molecule has 5 nitrogen and oxygen atoms in total. The van der Waals surface area contributed by atoms with E-state index in [1.165, 1.54) is 0 Å². The van der Waals surface area contributed by atoms with Gasteiger partial charge in [-0.2, -0.15) is 0 Å². The molecule has 0 saturated carbocycles. The molecule has 25 heavy (non-hydrogen) atoms. The van der Waals surface area contributed by atoms with Gasteiger partial charge in [0.25, 0.3) is 0 Å². The summed E-state index contributed by atoms with van der Waals surface area (Å²) in [4.78, 5) is 16.4. The molecule has 0 aliphatic carbocycles. The van der Waals surface area contributed by atoms with E-state index in [2.05, 4.69) is 4.99 Å². The Morgan fingerprint density at radius 3 is 2.64 bits per heavy atom. The van der Waals surface area contributed by atoms with Crippen molar-refractivity contribution in [3.05, 3.63) is 65.7 Å². The van der Waals surface area contributed by atoms with E-state index in [-0.39, 0.29) is 18.7 Å². The minimum Gasteiger partial charge on any atom is -0.488 e. The standard InChI is InChI=1S/C20H21NO4/c1-14(2)25-20(22)17-13-24-19(21-17)16-10-6-7-11-18(16)23-12-15-8-4-3-5-9-15/h3-11,14,17H,12-13H2,1-2H3/t17-/m0/s1. The van der Waals surface area contributed by atoms with Gasteiger partial charge < -0.3 is 14.2 Å². The predicted octanol–water partition coefficient (Wildman–Crippen LogP) is 3.36. The molecule has 1 heterocycles. The van der Waals surface area contributed by atoms with Crippen molar-refractivity contribution >= 4 is 11.9 Å². The Bertz CT molecular complexity index is 755. The second-order valence-electron chi connectivity index (χ2n) is 6.02. The highest BCUT2D eigenvalue weighted by Gasteiger charge is 2.29. The highest BCUT2D eigenvalue weighted by molar-refractivity contribution is 5.99. The lowest BCUT2D eigenvalue weighted by Gasteiger charge is -2.11. The molecule has 5 heteroatoms. The van der Waals surface area contributed by atoms with E-state index in [0.29, 0.717) is 18.3 Å². The third-order valence-electron chi connectivity index (χ3n) is 3.63. The largest absolute Gasteiger partial charge is 0.488 e. The average Bonchev–Trinajstić information content (AvgIpc) is 3.11. The molecule has 0 spiro atoms. The summed E-state index contributed by atoms with van der Waals surface area (Å²) < 4.78 is 16.7. The van der Waals surface area contributed by atoms with Crippen LogP contribution in [0.2, 0.25) is 0 Å². The Kier molecular flexibility index (Phi) is 5.33. The second-order valence-corrected chi connectivity index (χ2v) is 6.02. The van der Waals surface area contributed by atoms with Gasteiger partial charge in [0.1, 0.15) is 19.0 Å². The summed E-state index contributed by atoms with van der Waals surface area (Å²) in [5, 5.41) is 0. The molecule has 0 N–H and O–H groups in total. The second kappa shape index (κ2) is 7.83. The number of aliphatic imine (C=N–C) groups is 1. The number of ether oxygens (including phenoxy) is 3. The van der Waals surface area contributed by atoms with E-state index in [9.17, 15) is 4.79 Å². The lowest BCUT2D eigenvalue weighted by Crippen LogP contribution is -2.25. The molecular formula is C20H21NO4. The van der Waals surface area contributed by atoms with Crippen molar-refractivity contribution in [2.75, 3.05) is 6.61 Å². The van der Waals surface area contributed by atoms with Gasteiger partial charge in [0.2, 0.25) is 5.90 Å². The van der Waals surface area contributed by atoms with Gasteiger partial charge in [0, 0.05) is 0 Å². The van der Waals surface area contributed by atoms with Gasteiger partial charge in [-0.05, 0) is 31.5 Å². The molecule has 0 bridgehead atoms. The molecule has 2 aromatic rings. The Balaban J connectivity index is 1.73. The zero-order valence-electron chi connectivity index (χ0n) is 14.3. The summed E-state index contributed by atoms with van der Waals surface area (Å²) in [6.07, 6.45) is -0.173. The van der Waals surface area contributed by atoms with E-state index < -0.39 is 6.04 Å². The van der Waals surface area contributed by atoms with Gasteiger partial charge in [-0.1, -0.05) is 42.5 Å². The van der Waals surface area contributed by atoms with E-state index >= 15 is 0 Å². The molecule has 0 aromatic heterocycles. The van der Waals surface area contributed by atoms with Gasteiger partial charge in [-0.25, -0.2) is 9.79 Å². The number of nitrogens with zero attached hydrogens (tertiary/aromatic N) is 1. The van der Waals surface area contributed by atoms with Gasteiger partial charge in [0.15, 0.2) is 6.04 Å². The van der Waals surface area contributed by atoms with Gasteiger partial charge >= 0.3 is 5.97 Å². The van der Waals surface area contributed by atoms with Crippen LogP contribution in [0.4, 0.5) is 0 Å². The molecule has 0 saturated heterocycles. The van der Waals surface area contributed by atoms with E-state index in [4.69, 9.17) is 14.2 Å². The summed E-state index contributed by atoms with van der Waals surface area (Å²) in [6, 6.07) is 16.8. The first-order chi connectivity index (χ1) is 12.1. The van der Waals surface area contributed by atoms with Crippen LogP contribution < -0.4 is 4.74 Å². The molecule has 1 aliphatic rings. The van der Waals surface area contributed by atoms with Crippen molar-refractivity contribution in [1.29, 1.82) is 0 Å². The Morgan fingerprint density at radius 2 is 1.88 bits per heavy atom. The third kappa shape index (κ3) is 4.38. The van der Waals surface area contributed by atoms with Crippen LogP contribution in [0.25, 0.3) is 0 Å². The average molecular weight is 339 g/mol. The Labute approximate surface area is 147 Å².